The van der Waals surface area contributed by atoms with Gasteiger partial charge >= 0.3 is 0 Å². The summed E-state index contributed by atoms with van der Waals surface area (Å²) in [6.07, 6.45) is 6.59. The molecule has 1 aliphatic heterocycles. The van der Waals surface area contributed by atoms with Crippen LogP contribution in [0.2, 0.25) is 0 Å². The van der Waals surface area contributed by atoms with Gasteiger partial charge in [0.25, 0.3) is 0 Å². The molecule has 0 amide bonds. The number of aryl methyl sites for hydroxylation is 2. The van der Waals surface area contributed by atoms with E-state index in [4.69, 9.17) is 9.47 Å². The first-order valence-corrected chi connectivity index (χ1v) is 8.03. The summed E-state index contributed by atoms with van der Waals surface area (Å²) in [6.45, 7) is 0.295. The summed E-state index contributed by atoms with van der Waals surface area (Å²) in [4.78, 5) is 7.99. The van der Waals surface area contributed by atoms with Crippen molar-refractivity contribution in [2.24, 2.45) is 0 Å². The normalized spacial score (nSPS) is 15.7. The van der Waals surface area contributed by atoms with Crippen LogP contribution in [0.5, 0.6) is 11.5 Å². The second kappa shape index (κ2) is 4.91. The Kier molecular flexibility index (Phi) is 2.74. The highest BCUT2D eigenvalue weighted by Crippen LogP contribution is 2.37. The molecule has 5 heteroatoms. The van der Waals surface area contributed by atoms with Gasteiger partial charge in [0, 0.05) is 29.0 Å². The van der Waals surface area contributed by atoms with Gasteiger partial charge in [-0.2, -0.15) is 0 Å². The van der Waals surface area contributed by atoms with Crippen molar-refractivity contribution in [1.82, 2.24) is 9.97 Å². The Labute approximate surface area is 133 Å². The van der Waals surface area contributed by atoms with E-state index in [0.29, 0.717) is 6.79 Å². The van der Waals surface area contributed by atoms with Crippen molar-refractivity contribution in [2.45, 2.75) is 25.7 Å². The van der Waals surface area contributed by atoms with Gasteiger partial charge in [0.2, 0.25) is 6.79 Å². The van der Waals surface area contributed by atoms with Gasteiger partial charge in [0.15, 0.2) is 11.5 Å². The summed E-state index contributed by atoms with van der Waals surface area (Å²) in [7, 11) is 0. The maximum Gasteiger partial charge on any atom is 0.231 e. The van der Waals surface area contributed by atoms with Gasteiger partial charge in [-0.25, -0.2) is 4.98 Å². The molecule has 1 aromatic carbocycles. The molecule has 3 aromatic rings. The molecule has 0 radical (unpaired) electrons. The van der Waals surface area contributed by atoms with Crippen LogP contribution in [0.25, 0.3) is 11.0 Å². The quantitative estimate of drug-likeness (QED) is 0.753. The highest BCUT2D eigenvalue weighted by Gasteiger charge is 2.19. The first-order valence-electron chi connectivity index (χ1n) is 8.03. The van der Waals surface area contributed by atoms with Gasteiger partial charge in [0.1, 0.15) is 5.65 Å². The molecule has 5 rings (SSSR count). The van der Waals surface area contributed by atoms with E-state index >= 15 is 0 Å². The highest BCUT2D eigenvalue weighted by molar-refractivity contribution is 5.95. The third-order valence-corrected chi connectivity index (χ3v) is 4.64. The standard InChI is InChI=1S/C18H17N3O2/c1-2-4-13-12(3-1)17-14(7-8-19-18(17)21-13)20-11-5-6-15-16(9-11)23-10-22-15/h5-9H,1-4,10H2,(H2,19,20,21). The van der Waals surface area contributed by atoms with Crippen LogP contribution < -0.4 is 14.8 Å². The van der Waals surface area contributed by atoms with Crippen LogP contribution in [0, 0.1) is 0 Å². The average molecular weight is 307 g/mol. The number of nitrogens with zero attached hydrogens (tertiary/aromatic N) is 1. The SMILES string of the molecule is c1cc(Nc2ccc3c(c2)OCO3)c2c3c([nH]c2n1)CCCC3. The molecule has 0 bridgehead atoms. The van der Waals surface area contributed by atoms with Gasteiger partial charge in [0.05, 0.1) is 5.69 Å². The van der Waals surface area contributed by atoms with Crippen LogP contribution in [0.15, 0.2) is 30.5 Å². The molecule has 5 nitrogen and oxygen atoms in total. The Hall–Kier alpha value is -2.69. The van der Waals surface area contributed by atoms with Gasteiger partial charge in [-0.15, -0.1) is 0 Å². The third kappa shape index (κ3) is 2.04. The Morgan fingerprint density at radius 1 is 1.04 bits per heavy atom. The van der Waals surface area contributed by atoms with Gasteiger partial charge in [-0.3, -0.25) is 0 Å². The largest absolute Gasteiger partial charge is 0.454 e. The number of benzene rings is 1. The monoisotopic (exact) mass is 307 g/mol. The van der Waals surface area contributed by atoms with Gasteiger partial charge in [-0.05, 0) is 49.4 Å². The van der Waals surface area contributed by atoms with Crippen molar-refractivity contribution < 1.29 is 9.47 Å². The Bertz CT molecular complexity index is 901. The number of anilines is 2. The van der Waals surface area contributed by atoms with Crippen LogP contribution in [-0.2, 0) is 12.8 Å². The van der Waals surface area contributed by atoms with Crippen molar-refractivity contribution in [3.05, 3.63) is 41.7 Å². The average Bonchev–Trinajstić information content (AvgIpc) is 3.18. The molecule has 23 heavy (non-hydrogen) atoms. The lowest BCUT2D eigenvalue weighted by molar-refractivity contribution is 0.174. The molecule has 0 unspecified atom stereocenters. The Morgan fingerprint density at radius 3 is 2.96 bits per heavy atom. The van der Waals surface area contributed by atoms with Crippen molar-refractivity contribution in [3.63, 3.8) is 0 Å². The first kappa shape index (κ1) is 12.8. The van der Waals surface area contributed by atoms with Crippen molar-refractivity contribution in [1.29, 1.82) is 0 Å². The number of aromatic amines is 1. The summed E-state index contributed by atoms with van der Waals surface area (Å²) >= 11 is 0. The van der Waals surface area contributed by atoms with Crippen LogP contribution >= 0.6 is 0 Å². The number of hydrogen-bond acceptors (Lipinski definition) is 4. The lowest BCUT2D eigenvalue weighted by atomic mass is 9.95. The maximum atomic E-state index is 5.46. The number of pyridine rings is 1. The van der Waals surface area contributed by atoms with E-state index in [0.717, 1.165) is 41.4 Å². The molecule has 116 valence electrons. The Balaban J connectivity index is 1.59. The number of rotatable bonds is 2. The van der Waals surface area contributed by atoms with Crippen molar-refractivity contribution in [3.8, 4) is 11.5 Å². The molecule has 0 fully saturated rings. The van der Waals surface area contributed by atoms with E-state index in [1.807, 2.05) is 30.5 Å². The predicted molar refractivity (Wildman–Crippen MR) is 88.6 cm³/mol. The predicted octanol–water partition coefficient (Wildman–Crippen LogP) is 3.91. The van der Waals surface area contributed by atoms with E-state index < -0.39 is 0 Å². The summed E-state index contributed by atoms with van der Waals surface area (Å²) in [6, 6.07) is 7.97. The first-order chi connectivity index (χ1) is 11.4. The molecular weight excluding hydrogens is 290 g/mol. The smallest absolute Gasteiger partial charge is 0.231 e. The van der Waals surface area contributed by atoms with E-state index in [9.17, 15) is 0 Å². The van der Waals surface area contributed by atoms with Crippen molar-refractivity contribution >= 4 is 22.4 Å². The van der Waals surface area contributed by atoms with Gasteiger partial charge < -0.3 is 19.8 Å². The molecule has 3 heterocycles. The summed E-state index contributed by atoms with van der Waals surface area (Å²) in [5, 5.41) is 4.74. The van der Waals surface area contributed by atoms with Crippen LogP contribution in [0.1, 0.15) is 24.1 Å². The van der Waals surface area contributed by atoms with E-state index in [2.05, 4.69) is 15.3 Å². The van der Waals surface area contributed by atoms with E-state index in [1.165, 1.54) is 29.5 Å². The number of aromatic nitrogens is 2. The number of hydrogen-bond donors (Lipinski definition) is 2. The zero-order valence-electron chi connectivity index (χ0n) is 12.7. The summed E-state index contributed by atoms with van der Waals surface area (Å²) in [5.74, 6) is 1.59. The lowest BCUT2D eigenvalue weighted by Crippen LogP contribution is -2.01. The Morgan fingerprint density at radius 2 is 1.96 bits per heavy atom. The van der Waals surface area contributed by atoms with Crippen LogP contribution in [0.3, 0.4) is 0 Å². The van der Waals surface area contributed by atoms with Crippen LogP contribution in [0.4, 0.5) is 11.4 Å². The molecular formula is C18H17N3O2. The highest BCUT2D eigenvalue weighted by atomic mass is 16.7. The summed E-state index contributed by atoms with van der Waals surface area (Å²) in [5.41, 5.74) is 5.82. The van der Waals surface area contributed by atoms with Gasteiger partial charge in [-0.1, -0.05) is 0 Å². The molecule has 0 saturated heterocycles. The second-order valence-electron chi connectivity index (χ2n) is 6.06. The topological polar surface area (TPSA) is 59.2 Å². The van der Waals surface area contributed by atoms with Crippen LogP contribution in [-0.4, -0.2) is 16.8 Å². The minimum atomic E-state index is 0.295. The zero-order valence-corrected chi connectivity index (χ0v) is 12.7. The lowest BCUT2D eigenvalue weighted by Gasteiger charge is -2.13. The molecule has 0 atom stereocenters. The molecule has 0 spiro atoms. The van der Waals surface area contributed by atoms with Crippen molar-refractivity contribution in [2.75, 3.05) is 12.1 Å². The molecule has 2 aliphatic rings. The second-order valence-corrected chi connectivity index (χ2v) is 6.06. The fourth-order valence-electron chi connectivity index (χ4n) is 3.56. The number of fused-ring (bicyclic) bond motifs is 4. The van der Waals surface area contributed by atoms with E-state index in [1.54, 1.807) is 0 Å². The minimum Gasteiger partial charge on any atom is -0.454 e. The molecule has 2 aromatic heterocycles. The molecule has 1 aliphatic carbocycles. The fraction of sp³-hybridized carbons (Fsp3) is 0.278. The fourth-order valence-corrected chi connectivity index (χ4v) is 3.56. The maximum absolute atomic E-state index is 5.46. The number of ether oxygens (including phenoxy) is 2. The number of H-pyrrole nitrogens is 1. The number of nitrogens with one attached hydrogen (secondary N) is 2. The minimum absolute atomic E-state index is 0.295. The summed E-state index contributed by atoms with van der Waals surface area (Å²) < 4.78 is 10.8. The molecule has 2 N–H and O–H groups in total. The third-order valence-electron chi connectivity index (χ3n) is 4.64. The molecule has 0 saturated carbocycles. The zero-order chi connectivity index (χ0) is 15.2. The van der Waals surface area contributed by atoms with E-state index in [-0.39, 0.29) is 0 Å².